The summed E-state index contributed by atoms with van der Waals surface area (Å²) in [4.78, 5) is 15.9. The summed E-state index contributed by atoms with van der Waals surface area (Å²) in [5.74, 6) is -2.79. The highest BCUT2D eigenvalue weighted by molar-refractivity contribution is 7.14. The lowest BCUT2D eigenvalue weighted by atomic mass is 9.91. The smallest absolute Gasteiger partial charge is 0.277 e. The van der Waals surface area contributed by atoms with Gasteiger partial charge in [-0.3, -0.25) is 9.80 Å². The number of carbonyl (C=O) groups is 1. The fourth-order valence-corrected chi connectivity index (χ4v) is 6.74. The van der Waals surface area contributed by atoms with E-state index in [2.05, 4.69) is 0 Å². The number of hydrogen-bond acceptors (Lipinski definition) is 7. The number of rotatable bonds is 1. The van der Waals surface area contributed by atoms with Gasteiger partial charge >= 0.3 is 0 Å². The molecule has 2 N–H and O–H groups in total. The van der Waals surface area contributed by atoms with E-state index in [0.29, 0.717) is 17.7 Å². The number of benzene rings is 2. The second-order valence-corrected chi connectivity index (χ2v) is 10.2. The Hall–Kier alpha value is -3.57. The van der Waals surface area contributed by atoms with Gasteiger partial charge in [-0.2, -0.15) is 5.01 Å². The molecule has 4 heterocycles. The predicted octanol–water partition coefficient (Wildman–Crippen LogP) is 4.14. The second kappa shape index (κ2) is 8.22. The molecule has 1 aromatic heterocycles. The van der Waals surface area contributed by atoms with E-state index < -0.39 is 41.6 Å². The first kappa shape index (κ1) is 22.6. The van der Waals surface area contributed by atoms with Gasteiger partial charge in [-0.15, -0.1) is 11.3 Å². The van der Waals surface area contributed by atoms with Crippen molar-refractivity contribution < 1.29 is 28.5 Å². The van der Waals surface area contributed by atoms with Crippen molar-refractivity contribution >= 4 is 17.2 Å². The summed E-state index contributed by atoms with van der Waals surface area (Å²) in [6, 6.07) is 11.5. The minimum atomic E-state index is -1.33. The average Bonchev–Trinajstić information content (AvgIpc) is 3.35. The molecule has 4 aliphatic rings. The molecule has 1 amide bonds. The standard InChI is InChI=1S/C27H21F2N3O4S/c28-18-6-5-16-21(22(18)29)17-8-12-37-26(17)15-4-2-1-3-14(15)23(16)32-20-13-36-11-10-30(20)27(35)24-25(34)19(33)7-9-31(24)32/h1-9,12,19-20,23,33-34H,10-11,13H2. The van der Waals surface area contributed by atoms with Crippen LogP contribution in [0.15, 0.2) is 71.6 Å². The fraction of sp³-hybridized carbons (Fsp3) is 0.222. The Labute approximate surface area is 214 Å². The minimum Gasteiger partial charge on any atom is -0.507 e. The summed E-state index contributed by atoms with van der Waals surface area (Å²) in [5, 5.41) is 26.4. The summed E-state index contributed by atoms with van der Waals surface area (Å²) in [5.41, 5.74) is 2.89. The van der Waals surface area contributed by atoms with E-state index in [9.17, 15) is 19.4 Å². The summed E-state index contributed by atoms with van der Waals surface area (Å²) >= 11 is 1.45. The van der Waals surface area contributed by atoms with Crippen LogP contribution >= 0.6 is 11.3 Å². The largest absolute Gasteiger partial charge is 0.507 e. The molecule has 1 aliphatic carbocycles. The Morgan fingerprint density at radius 3 is 2.76 bits per heavy atom. The van der Waals surface area contributed by atoms with Crippen molar-refractivity contribution in [1.29, 1.82) is 0 Å². The zero-order valence-corrected chi connectivity index (χ0v) is 20.2. The van der Waals surface area contributed by atoms with Crippen molar-refractivity contribution in [1.82, 2.24) is 14.9 Å². The molecule has 0 bridgehead atoms. The summed E-state index contributed by atoms with van der Waals surface area (Å²) in [6.45, 7) is 0.764. The van der Waals surface area contributed by atoms with Crippen molar-refractivity contribution in [2.45, 2.75) is 18.3 Å². The van der Waals surface area contributed by atoms with Gasteiger partial charge in [-0.05, 0) is 40.3 Å². The van der Waals surface area contributed by atoms with E-state index in [0.717, 1.165) is 22.1 Å². The van der Waals surface area contributed by atoms with Crippen LogP contribution in [0.2, 0.25) is 0 Å². The average molecular weight is 522 g/mol. The van der Waals surface area contributed by atoms with Gasteiger partial charge in [-0.25, -0.2) is 8.78 Å². The van der Waals surface area contributed by atoms with Crippen LogP contribution in [0.5, 0.6) is 0 Å². The summed E-state index contributed by atoms with van der Waals surface area (Å²) in [6.07, 6.45) is 0.978. The number of thiophene rings is 1. The first-order valence-electron chi connectivity index (χ1n) is 11.9. The third-order valence-corrected chi connectivity index (χ3v) is 8.35. The van der Waals surface area contributed by atoms with Crippen molar-refractivity contribution in [2.24, 2.45) is 0 Å². The van der Waals surface area contributed by atoms with E-state index >= 15 is 4.39 Å². The molecule has 7 nitrogen and oxygen atoms in total. The van der Waals surface area contributed by atoms with Crippen molar-refractivity contribution in [3.63, 3.8) is 0 Å². The van der Waals surface area contributed by atoms with Gasteiger partial charge in [-0.1, -0.05) is 30.3 Å². The monoisotopic (exact) mass is 521 g/mol. The quantitative estimate of drug-likeness (QED) is 0.502. The van der Waals surface area contributed by atoms with Crippen LogP contribution in [-0.2, 0) is 9.53 Å². The normalized spacial score (nSPS) is 24.7. The Bertz CT molecular complexity index is 1520. The van der Waals surface area contributed by atoms with Gasteiger partial charge < -0.3 is 19.8 Å². The number of carbonyl (C=O) groups excluding carboxylic acids is 1. The molecule has 7 rings (SSSR count). The molecule has 37 heavy (non-hydrogen) atoms. The predicted molar refractivity (Wildman–Crippen MR) is 132 cm³/mol. The molecule has 2 fully saturated rings. The number of hydrogen-bond donors (Lipinski definition) is 2. The Morgan fingerprint density at radius 1 is 1.05 bits per heavy atom. The zero-order chi connectivity index (χ0) is 25.4. The maximum absolute atomic E-state index is 15.6. The van der Waals surface area contributed by atoms with Crippen molar-refractivity contribution in [3.05, 3.63) is 94.3 Å². The number of morpholine rings is 1. The molecule has 3 atom stereocenters. The van der Waals surface area contributed by atoms with Gasteiger partial charge in [0.1, 0.15) is 12.3 Å². The summed E-state index contributed by atoms with van der Waals surface area (Å²) < 4.78 is 36.1. The number of aliphatic hydroxyl groups excluding tert-OH is 2. The van der Waals surface area contributed by atoms with E-state index in [1.165, 1.54) is 28.6 Å². The Morgan fingerprint density at radius 2 is 1.89 bits per heavy atom. The fourth-order valence-electron chi connectivity index (χ4n) is 5.79. The number of halogens is 2. The van der Waals surface area contributed by atoms with Crippen LogP contribution in [0.3, 0.4) is 0 Å². The lowest BCUT2D eigenvalue weighted by Crippen LogP contribution is -2.67. The van der Waals surface area contributed by atoms with Gasteiger partial charge in [0.05, 0.1) is 19.3 Å². The first-order valence-corrected chi connectivity index (χ1v) is 12.8. The van der Waals surface area contributed by atoms with Crippen LogP contribution in [0.4, 0.5) is 8.78 Å². The molecule has 3 aliphatic heterocycles. The SMILES string of the molecule is O=C1C2=C(O)C(O)C=CN2N(C2c3ccccc3-c3sccc3-c3c2ccc(F)c3F)C2COCCN12. The number of hydrazine groups is 1. The highest BCUT2D eigenvalue weighted by atomic mass is 32.1. The highest BCUT2D eigenvalue weighted by Crippen LogP contribution is 2.52. The molecule has 2 aromatic carbocycles. The summed E-state index contributed by atoms with van der Waals surface area (Å²) in [7, 11) is 0. The lowest BCUT2D eigenvalue weighted by Gasteiger charge is -2.55. The molecule has 0 radical (unpaired) electrons. The Balaban J connectivity index is 1.54. The van der Waals surface area contributed by atoms with Gasteiger partial charge in [0.15, 0.2) is 23.1 Å². The van der Waals surface area contributed by atoms with Crippen LogP contribution in [-0.4, -0.2) is 63.1 Å². The number of aliphatic hydroxyl groups is 2. The molecule has 2 saturated heterocycles. The van der Waals surface area contributed by atoms with Gasteiger partial charge in [0.2, 0.25) is 0 Å². The Kier molecular flexibility index (Phi) is 5.02. The van der Waals surface area contributed by atoms with Crippen LogP contribution in [0.25, 0.3) is 21.6 Å². The van der Waals surface area contributed by atoms with Gasteiger partial charge in [0, 0.05) is 28.7 Å². The molecule has 0 saturated carbocycles. The minimum absolute atomic E-state index is 0.0752. The topological polar surface area (TPSA) is 76.5 Å². The van der Waals surface area contributed by atoms with Crippen molar-refractivity contribution in [3.8, 4) is 21.6 Å². The van der Waals surface area contributed by atoms with Crippen LogP contribution < -0.4 is 0 Å². The van der Waals surface area contributed by atoms with E-state index in [1.54, 1.807) is 17.0 Å². The van der Waals surface area contributed by atoms with E-state index in [4.69, 9.17) is 4.74 Å². The van der Waals surface area contributed by atoms with E-state index in [-0.39, 0.29) is 24.4 Å². The van der Waals surface area contributed by atoms with E-state index in [1.807, 2.05) is 34.7 Å². The number of nitrogens with zero attached hydrogens (tertiary/aromatic N) is 3. The highest BCUT2D eigenvalue weighted by Gasteiger charge is 2.50. The number of fused-ring (bicyclic) bond motifs is 7. The molecular weight excluding hydrogens is 500 g/mol. The lowest BCUT2D eigenvalue weighted by molar-refractivity contribution is -0.190. The van der Waals surface area contributed by atoms with Crippen LogP contribution in [0.1, 0.15) is 17.2 Å². The number of ether oxygens (including phenoxy) is 1. The molecule has 10 heteroatoms. The van der Waals surface area contributed by atoms with Crippen LogP contribution in [0, 0.1) is 11.6 Å². The molecule has 3 unspecified atom stereocenters. The maximum atomic E-state index is 15.6. The second-order valence-electron chi connectivity index (χ2n) is 9.28. The molecule has 0 spiro atoms. The first-order chi connectivity index (χ1) is 18.0. The third kappa shape index (κ3) is 3.10. The molecular formula is C27H21F2N3O4S. The van der Waals surface area contributed by atoms with Gasteiger partial charge in [0.25, 0.3) is 5.91 Å². The molecule has 188 valence electrons. The zero-order valence-electron chi connectivity index (χ0n) is 19.3. The maximum Gasteiger partial charge on any atom is 0.277 e. The molecule has 3 aromatic rings. The van der Waals surface area contributed by atoms with Crippen molar-refractivity contribution in [2.75, 3.05) is 19.8 Å². The number of amides is 1. The third-order valence-electron chi connectivity index (χ3n) is 7.40.